The van der Waals surface area contributed by atoms with Crippen LogP contribution in [0.2, 0.25) is 0 Å². The van der Waals surface area contributed by atoms with Crippen LogP contribution >= 0.6 is 0 Å². The molecule has 1 aromatic carbocycles. The summed E-state index contributed by atoms with van der Waals surface area (Å²) in [5.41, 5.74) is 0. The fourth-order valence-electron chi connectivity index (χ4n) is 1.90. The van der Waals surface area contributed by atoms with Crippen molar-refractivity contribution in [3.63, 3.8) is 0 Å². The van der Waals surface area contributed by atoms with Crippen LogP contribution in [0.1, 0.15) is 25.7 Å². The van der Waals surface area contributed by atoms with Crippen molar-refractivity contribution in [2.24, 2.45) is 11.1 Å². The van der Waals surface area contributed by atoms with E-state index in [9.17, 15) is 8.42 Å². The quantitative estimate of drug-likeness (QED) is 0.612. The molecule has 1 aliphatic rings. The Balaban J connectivity index is 1.98. The molecule has 2 rings (SSSR count). The third-order valence-corrected chi connectivity index (χ3v) is 3.98. The first-order valence-corrected chi connectivity index (χ1v) is 7.11. The van der Waals surface area contributed by atoms with Gasteiger partial charge in [-0.05, 0) is 30.9 Å². The lowest BCUT2D eigenvalue weighted by Crippen LogP contribution is -2.03. The van der Waals surface area contributed by atoms with E-state index in [4.69, 9.17) is 0 Å². The molecular formula is C12H15NO3S. The number of oxime groups is 1. The second-order valence-electron chi connectivity index (χ2n) is 4.14. The maximum atomic E-state index is 11.7. The van der Waals surface area contributed by atoms with E-state index in [2.05, 4.69) is 9.44 Å². The molecule has 0 unspecified atom stereocenters. The van der Waals surface area contributed by atoms with Crippen molar-refractivity contribution in [3.05, 3.63) is 30.3 Å². The average Bonchev–Trinajstić information content (AvgIpc) is 2.83. The van der Waals surface area contributed by atoms with Crippen LogP contribution in [0.15, 0.2) is 40.4 Å². The summed E-state index contributed by atoms with van der Waals surface area (Å²) in [5, 5.41) is 3.59. The van der Waals surface area contributed by atoms with E-state index in [1.54, 1.807) is 24.4 Å². The molecule has 17 heavy (non-hydrogen) atoms. The van der Waals surface area contributed by atoms with Gasteiger partial charge in [-0.25, -0.2) is 0 Å². The number of rotatable bonds is 4. The molecule has 92 valence electrons. The van der Waals surface area contributed by atoms with Gasteiger partial charge in [0.25, 0.3) is 0 Å². The Morgan fingerprint density at radius 2 is 1.82 bits per heavy atom. The summed E-state index contributed by atoms with van der Waals surface area (Å²) in [7, 11) is -3.75. The predicted molar refractivity (Wildman–Crippen MR) is 65.2 cm³/mol. The zero-order valence-corrected chi connectivity index (χ0v) is 10.3. The Labute approximate surface area is 101 Å². The third-order valence-electron chi connectivity index (χ3n) is 2.84. The first-order valence-electron chi connectivity index (χ1n) is 5.71. The molecule has 0 bridgehead atoms. The van der Waals surface area contributed by atoms with Gasteiger partial charge < -0.3 is 0 Å². The van der Waals surface area contributed by atoms with E-state index in [0.29, 0.717) is 5.92 Å². The molecule has 4 nitrogen and oxygen atoms in total. The molecule has 0 amide bonds. The Hall–Kier alpha value is -1.36. The van der Waals surface area contributed by atoms with E-state index in [1.165, 1.54) is 25.0 Å². The summed E-state index contributed by atoms with van der Waals surface area (Å²) in [6.45, 7) is 0. The van der Waals surface area contributed by atoms with Crippen molar-refractivity contribution in [1.82, 2.24) is 0 Å². The molecule has 5 heteroatoms. The zero-order valence-electron chi connectivity index (χ0n) is 9.45. The van der Waals surface area contributed by atoms with Gasteiger partial charge in [0.1, 0.15) is 4.90 Å². The average molecular weight is 253 g/mol. The minimum atomic E-state index is -3.75. The molecule has 1 aliphatic carbocycles. The minimum absolute atomic E-state index is 0.128. The van der Waals surface area contributed by atoms with Crippen LogP contribution in [0.4, 0.5) is 0 Å². The van der Waals surface area contributed by atoms with Crippen molar-refractivity contribution >= 4 is 16.3 Å². The normalized spacial score (nSPS) is 17.6. The summed E-state index contributed by atoms with van der Waals surface area (Å²) >= 11 is 0. The van der Waals surface area contributed by atoms with Crippen molar-refractivity contribution < 1.29 is 12.7 Å². The second kappa shape index (κ2) is 5.31. The van der Waals surface area contributed by atoms with E-state index < -0.39 is 10.1 Å². The SMILES string of the molecule is O=S(=O)(ON=CC1CCCC1)c1ccccc1. The second-order valence-corrected chi connectivity index (χ2v) is 5.67. The summed E-state index contributed by atoms with van der Waals surface area (Å²) in [4.78, 5) is 0.128. The molecule has 0 atom stereocenters. The molecule has 0 radical (unpaired) electrons. The number of nitrogens with zero attached hydrogens (tertiary/aromatic N) is 1. The summed E-state index contributed by atoms with van der Waals surface area (Å²) < 4.78 is 28.0. The molecule has 0 aromatic heterocycles. The first kappa shape index (κ1) is 12.1. The van der Waals surface area contributed by atoms with Crippen molar-refractivity contribution in [1.29, 1.82) is 0 Å². The predicted octanol–water partition coefficient (Wildman–Crippen LogP) is 2.57. The third kappa shape index (κ3) is 3.30. The van der Waals surface area contributed by atoms with E-state index >= 15 is 0 Å². The number of hydrogen-bond donors (Lipinski definition) is 0. The van der Waals surface area contributed by atoms with Crippen LogP contribution in [-0.4, -0.2) is 14.6 Å². The van der Waals surface area contributed by atoms with Crippen LogP contribution in [0.25, 0.3) is 0 Å². The maximum absolute atomic E-state index is 11.7. The van der Waals surface area contributed by atoms with Gasteiger partial charge in [-0.1, -0.05) is 36.2 Å². The number of benzene rings is 1. The molecule has 0 saturated heterocycles. The van der Waals surface area contributed by atoms with Crippen LogP contribution in [0.3, 0.4) is 0 Å². The molecule has 0 heterocycles. The largest absolute Gasteiger partial charge is 0.358 e. The lowest BCUT2D eigenvalue weighted by molar-refractivity contribution is 0.338. The summed E-state index contributed by atoms with van der Waals surface area (Å²) in [5.74, 6) is 0.362. The Morgan fingerprint density at radius 1 is 1.18 bits per heavy atom. The summed E-state index contributed by atoms with van der Waals surface area (Å²) in [6, 6.07) is 8.02. The van der Waals surface area contributed by atoms with Gasteiger partial charge in [0.05, 0.1) is 0 Å². The van der Waals surface area contributed by atoms with E-state index in [0.717, 1.165) is 12.8 Å². The monoisotopic (exact) mass is 253 g/mol. The van der Waals surface area contributed by atoms with E-state index in [-0.39, 0.29) is 4.90 Å². The maximum Gasteiger partial charge on any atom is 0.358 e. The fraction of sp³-hybridized carbons (Fsp3) is 0.417. The van der Waals surface area contributed by atoms with Crippen molar-refractivity contribution in [3.8, 4) is 0 Å². The van der Waals surface area contributed by atoms with E-state index in [1.807, 2.05) is 0 Å². The van der Waals surface area contributed by atoms with Crippen molar-refractivity contribution in [2.75, 3.05) is 0 Å². The highest BCUT2D eigenvalue weighted by Gasteiger charge is 2.16. The lowest BCUT2D eigenvalue weighted by atomic mass is 10.1. The van der Waals surface area contributed by atoms with Crippen molar-refractivity contribution in [2.45, 2.75) is 30.6 Å². The Morgan fingerprint density at radius 3 is 2.47 bits per heavy atom. The van der Waals surface area contributed by atoms with Gasteiger partial charge in [-0.2, -0.15) is 8.42 Å². The molecule has 0 N–H and O–H groups in total. The Bertz CT molecular complexity index is 476. The topological polar surface area (TPSA) is 55.7 Å². The highest BCUT2D eigenvalue weighted by atomic mass is 32.2. The highest BCUT2D eigenvalue weighted by molar-refractivity contribution is 7.86. The van der Waals surface area contributed by atoms with Gasteiger partial charge in [0.15, 0.2) is 0 Å². The lowest BCUT2D eigenvalue weighted by Gasteiger charge is -2.02. The molecule has 0 aliphatic heterocycles. The van der Waals surface area contributed by atoms with Crippen LogP contribution < -0.4 is 0 Å². The van der Waals surface area contributed by atoms with Gasteiger partial charge in [-0.15, -0.1) is 0 Å². The van der Waals surface area contributed by atoms with Gasteiger partial charge in [-0.3, -0.25) is 4.28 Å². The standard InChI is InChI=1S/C12H15NO3S/c14-17(15,12-8-2-1-3-9-12)16-13-10-11-6-4-5-7-11/h1-3,8-11H,4-7H2. The molecule has 1 saturated carbocycles. The smallest absolute Gasteiger partial charge is 0.265 e. The van der Waals surface area contributed by atoms with Gasteiger partial charge in [0, 0.05) is 6.21 Å². The Kier molecular flexibility index (Phi) is 3.78. The summed E-state index contributed by atoms with van der Waals surface area (Å²) in [6.07, 6.45) is 6.11. The molecule has 1 aromatic rings. The molecule has 1 fully saturated rings. The fourth-order valence-corrected chi connectivity index (χ4v) is 2.64. The van der Waals surface area contributed by atoms with Gasteiger partial charge >= 0.3 is 10.1 Å². The van der Waals surface area contributed by atoms with Gasteiger partial charge in [0.2, 0.25) is 0 Å². The molecule has 0 spiro atoms. The van der Waals surface area contributed by atoms with Crippen LogP contribution in [-0.2, 0) is 14.4 Å². The first-order chi connectivity index (χ1) is 8.18. The molecular weight excluding hydrogens is 238 g/mol. The highest BCUT2D eigenvalue weighted by Crippen LogP contribution is 2.23. The minimum Gasteiger partial charge on any atom is -0.265 e. The van der Waals surface area contributed by atoms with Crippen LogP contribution in [0, 0.1) is 5.92 Å². The zero-order chi connectivity index (χ0) is 12.1. The van der Waals surface area contributed by atoms with Crippen LogP contribution in [0.5, 0.6) is 0 Å². The number of hydrogen-bond acceptors (Lipinski definition) is 4.